The third-order valence-corrected chi connectivity index (χ3v) is 5.43. The van der Waals surface area contributed by atoms with Crippen molar-refractivity contribution in [1.29, 1.82) is 0 Å². The van der Waals surface area contributed by atoms with Crippen molar-refractivity contribution in [3.63, 3.8) is 0 Å². The van der Waals surface area contributed by atoms with Gasteiger partial charge in [0, 0.05) is 12.6 Å². The van der Waals surface area contributed by atoms with Gasteiger partial charge in [0.25, 0.3) is 0 Å². The van der Waals surface area contributed by atoms with Crippen molar-refractivity contribution >= 4 is 9.84 Å². The van der Waals surface area contributed by atoms with Gasteiger partial charge in [-0.25, -0.2) is 17.2 Å². The molecule has 8 heteroatoms. The number of aromatic nitrogens is 3. The second kappa shape index (κ2) is 5.51. The van der Waals surface area contributed by atoms with E-state index in [9.17, 15) is 17.2 Å². The standard InChI is InChI=1S/C13H15F2N3O2S/c1-8(13-10(14)5-4-6-11(13)15)21(19,20)7-12-17-16-9(2)18(12)3/h4-6,8H,7H2,1-3H3/t8-/m1/s1. The summed E-state index contributed by atoms with van der Waals surface area (Å²) >= 11 is 0. The fourth-order valence-corrected chi connectivity index (χ4v) is 3.41. The first kappa shape index (κ1) is 15.6. The average Bonchev–Trinajstić information content (AvgIpc) is 2.70. The monoisotopic (exact) mass is 315 g/mol. The Kier molecular flexibility index (Phi) is 4.08. The Labute approximate surface area is 121 Å². The van der Waals surface area contributed by atoms with E-state index in [1.54, 1.807) is 14.0 Å². The van der Waals surface area contributed by atoms with E-state index in [-0.39, 0.29) is 5.82 Å². The Bertz CT molecular complexity index is 751. The number of hydrogen-bond acceptors (Lipinski definition) is 4. The van der Waals surface area contributed by atoms with Gasteiger partial charge in [0.15, 0.2) is 9.84 Å². The van der Waals surface area contributed by atoms with E-state index in [1.807, 2.05) is 0 Å². The molecule has 2 rings (SSSR count). The minimum absolute atomic E-state index is 0.232. The van der Waals surface area contributed by atoms with Crippen molar-refractivity contribution in [2.75, 3.05) is 0 Å². The predicted octanol–water partition coefficient (Wildman–Crippen LogP) is 2.08. The minimum atomic E-state index is -3.82. The van der Waals surface area contributed by atoms with Gasteiger partial charge in [-0.1, -0.05) is 6.07 Å². The van der Waals surface area contributed by atoms with Crippen LogP contribution in [-0.4, -0.2) is 23.2 Å². The minimum Gasteiger partial charge on any atom is -0.317 e. The number of rotatable bonds is 4. The molecule has 0 aliphatic heterocycles. The first-order valence-corrected chi connectivity index (χ1v) is 7.96. The van der Waals surface area contributed by atoms with Gasteiger partial charge in [-0.3, -0.25) is 0 Å². The molecule has 21 heavy (non-hydrogen) atoms. The summed E-state index contributed by atoms with van der Waals surface area (Å²) in [7, 11) is -2.19. The smallest absolute Gasteiger partial charge is 0.164 e. The first-order valence-electron chi connectivity index (χ1n) is 6.24. The zero-order valence-electron chi connectivity index (χ0n) is 11.8. The highest BCUT2D eigenvalue weighted by Crippen LogP contribution is 2.29. The maximum atomic E-state index is 13.7. The van der Waals surface area contributed by atoms with Gasteiger partial charge < -0.3 is 4.57 Å². The predicted molar refractivity (Wildman–Crippen MR) is 73.1 cm³/mol. The van der Waals surface area contributed by atoms with Crippen LogP contribution in [0.4, 0.5) is 8.78 Å². The van der Waals surface area contributed by atoms with Crippen LogP contribution in [0.15, 0.2) is 18.2 Å². The molecule has 0 unspecified atom stereocenters. The van der Waals surface area contributed by atoms with E-state index in [2.05, 4.69) is 10.2 Å². The quantitative estimate of drug-likeness (QED) is 0.866. The molecule has 1 heterocycles. The van der Waals surface area contributed by atoms with Crippen molar-refractivity contribution in [3.05, 3.63) is 47.0 Å². The molecule has 114 valence electrons. The van der Waals surface area contributed by atoms with E-state index in [1.165, 1.54) is 17.6 Å². The molecule has 0 N–H and O–H groups in total. The molecule has 0 saturated heterocycles. The second-order valence-corrected chi connectivity index (χ2v) is 7.13. The highest BCUT2D eigenvalue weighted by atomic mass is 32.2. The molecule has 0 saturated carbocycles. The zero-order valence-corrected chi connectivity index (χ0v) is 12.7. The van der Waals surface area contributed by atoms with E-state index in [4.69, 9.17) is 0 Å². The van der Waals surface area contributed by atoms with Crippen LogP contribution in [0.5, 0.6) is 0 Å². The van der Waals surface area contributed by atoms with Crippen LogP contribution in [0, 0.1) is 18.6 Å². The zero-order chi connectivity index (χ0) is 15.8. The topological polar surface area (TPSA) is 64.8 Å². The molecule has 0 fully saturated rings. The Morgan fingerprint density at radius 3 is 2.29 bits per heavy atom. The molecule has 0 aliphatic carbocycles. The molecule has 0 bridgehead atoms. The summed E-state index contributed by atoms with van der Waals surface area (Å²) in [5, 5.41) is 6.23. The lowest BCUT2D eigenvalue weighted by Crippen LogP contribution is -2.17. The van der Waals surface area contributed by atoms with Gasteiger partial charge in [-0.15, -0.1) is 10.2 Å². The molecule has 0 radical (unpaired) electrons. The number of halogens is 2. The molecule has 2 aromatic rings. The van der Waals surface area contributed by atoms with E-state index >= 15 is 0 Å². The summed E-state index contributed by atoms with van der Waals surface area (Å²) in [5.74, 6) is -1.39. The molecule has 0 aliphatic rings. The fraction of sp³-hybridized carbons (Fsp3) is 0.385. The van der Waals surface area contributed by atoms with Gasteiger partial charge in [-0.05, 0) is 26.0 Å². The molecular weight excluding hydrogens is 300 g/mol. The SMILES string of the molecule is Cc1nnc(CS(=O)(=O)[C@H](C)c2c(F)cccc2F)n1C. The highest BCUT2D eigenvalue weighted by molar-refractivity contribution is 7.90. The summed E-state index contributed by atoms with van der Waals surface area (Å²) < 4.78 is 53.7. The lowest BCUT2D eigenvalue weighted by atomic mass is 10.1. The third-order valence-electron chi connectivity index (χ3n) is 3.46. The number of nitrogens with zero attached hydrogens (tertiary/aromatic N) is 3. The van der Waals surface area contributed by atoms with Crippen LogP contribution in [0.3, 0.4) is 0 Å². The van der Waals surface area contributed by atoms with Gasteiger partial charge in [0.05, 0.1) is 5.25 Å². The Morgan fingerprint density at radius 1 is 1.24 bits per heavy atom. The van der Waals surface area contributed by atoms with Crippen LogP contribution in [0.25, 0.3) is 0 Å². The van der Waals surface area contributed by atoms with Crippen LogP contribution < -0.4 is 0 Å². The van der Waals surface area contributed by atoms with Gasteiger partial charge >= 0.3 is 0 Å². The molecule has 1 aromatic heterocycles. The molecule has 5 nitrogen and oxygen atoms in total. The molecular formula is C13H15F2N3O2S. The number of aryl methyl sites for hydroxylation is 1. The normalized spacial score (nSPS) is 13.4. The summed E-state index contributed by atoms with van der Waals surface area (Å²) in [6.07, 6.45) is 0. The first-order chi connectivity index (χ1) is 9.74. The number of hydrogen-bond donors (Lipinski definition) is 0. The molecule has 1 atom stereocenters. The lowest BCUT2D eigenvalue weighted by molar-refractivity contribution is 0.540. The molecule has 0 amide bonds. The largest absolute Gasteiger partial charge is 0.317 e. The van der Waals surface area contributed by atoms with Crippen molar-refractivity contribution in [2.45, 2.75) is 24.9 Å². The Hall–Kier alpha value is -1.83. The van der Waals surface area contributed by atoms with E-state index in [0.717, 1.165) is 12.1 Å². The average molecular weight is 315 g/mol. The van der Waals surface area contributed by atoms with Crippen LogP contribution >= 0.6 is 0 Å². The number of sulfone groups is 1. The van der Waals surface area contributed by atoms with E-state index < -0.39 is 38.0 Å². The summed E-state index contributed by atoms with van der Waals surface area (Å²) in [6, 6.07) is 3.27. The highest BCUT2D eigenvalue weighted by Gasteiger charge is 2.29. The fourth-order valence-electron chi connectivity index (χ4n) is 1.96. The summed E-state index contributed by atoms with van der Waals surface area (Å²) in [4.78, 5) is 0. The molecule has 0 spiro atoms. The van der Waals surface area contributed by atoms with Crippen LogP contribution in [0.1, 0.15) is 29.4 Å². The summed E-state index contributed by atoms with van der Waals surface area (Å²) in [5.41, 5.74) is -0.448. The maximum Gasteiger partial charge on any atom is 0.164 e. The van der Waals surface area contributed by atoms with Crippen molar-refractivity contribution in [3.8, 4) is 0 Å². The Morgan fingerprint density at radius 2 is 1.81 bits per heavy atom. The van der Waals surface area contributed by atoms with Gasteiger partial charge in [-0.2, -0.15) is 0 Å². The van der Waals surface area contributed by atoms with Crippen LogP contribution in [-0.2, 0) is 22.6 Å². The summed E-state index contributed by atoms with van der Waals surface area (Å²) in [6.45, 7) is 2.95. The second-order valence-electron chi connectivity index (χ2n) is 4.81. The molecule has 1 aromatic carbocycles. The van der Waals surface area contributed by atoms with E-state index in [0.29, 0.717) is 5.82 Å². The van der Waals surface area contributed by atoms with Gasteiger partial charge in [0.1, 0.15) is 29.0 Å². The van der Waals surface area contributed by atoms with Gasteiger partial charge in [0.2, 0.25) is 0 Å². The van der Waals surface area contributed by atoms with Crippen molar-refractivity contribution in [1.82, 2.24) is 14.8 Å². The maximum absolute atomic E-state index is 13.7. The van der Waals surface area contributed by atoms with Crippen molar-refractivity contribution < 1.29 is 17.2 Å². The lowest BCUT2D eigenvalue weighted by Gasteiger charge is -2.14. The third kappa shape index (κ3) is 2.94. The number of benzene rings is 1. The van der Waals surface area contributed by atoms with Crippen LogP contribution in [0.2, 0.25) is 0 Å². The Balaban J connectivity index is 2.38. The van der Waals surface area contributed by atoms with Crippen molar-refractivity contribution in [2.24, 2.45) is 7.05 Å².